The Morgan fingerprint density at radius 3 is 2.73 bits per heavy atom. The predicted molar refractivity (Wildman–Crippen MR) is 85.7 cm³/mol. The summed E-state index contributed by atoms with van der Waals surface area (Å²) in [5.74, 6) is -0.436. The SMILES string of the molecule is O=C1Nc2ccc(Br)cc2C1(O)c1ccc(O)c2[nH]ccc12. The zero-order valence-electron chi connectivity index (χ0n) is 11.2. The highest BCUT2D eigenvalue weighted by molar-refractivity contribution is 9.10. The second kappa shape index (κ2) is 4.34. The van der Waals surface area contributed by atoms with Gasteiger partial charge in [-0.2, -0.15) is 0 Å². The number of nitrogens with one attached hydrogen (secondary N) is 2. The normalized spacial score (nSPS) is 20.2. The fraction of sp³-hybridized carbons (Fsp3) is 0.0625. The number of aliphatic hydroxyl groups is 1. The highest BCUT2D eigenvalue weighted by Crippen LogP contribution is 2.45. The Balaban J connectivity index is 2.06. The average Bonchev–Trinajstić information content (AvgIpc) is 3.06. The Kier molecular flexibility index (Phi) is 2.64. The summed E-state index contributed by atoms with van der Waals surface area (Å²) < 4.78 is 0.769. The van der Waals surface area contributed by atoms with E-state index in [1.54, 1.807) is 36.5 Å². The van der Waals surface area contributed by atoms with E-state index >= 15 is 0 Å². The molecule has 2 heterocycles. The molecule has 4 rings (SSSR count). The minimum Gasteiger partial charge on any atom is -0.506 e. The quantitative estimate of drug-likeness (QED) is 0.539. The molecule has 0 fully saturated rings. The van der Waals surface area contributed by atoms with Crippen LogP contribution in [0.5, 0.6) is 5.75 Å². The minimum atomic E-state index is -1.80. The first kappa shape index (κ1) is 13.4. The first-order valence-electron chi connectivity index (χ1n) is 6.65. The van der Waals surface area contributed by atoms with Crippen molar-refractivity contribution in [2.75, 3.05) is 5.32 Å². The van der Waals surface area contributed by atoms with Gasteiger partial charge < -0.3 is 20.5 Å². The van der Waals surface area contributed by atoms with Crippen molar-refractivity contribution in [1.82, 2.24) is 4.98 Å². The number of aromatic hydroxyl groups is 1. The molecule has 0 saturated heterocycles. The van der Waals surface area contributed by atoms with Gasteiger partial charge in [0.1, 0.15) is 5.75 Å². The molecular weight excluding hydrogens is 348 g/mol. The number of hydrogen-bond acceptors (Lipinski definition) is 3. The number of hydrogen-bond donors (Lipinski definition) is 4. The van der Waals surface area contributed by atoms with E-state index < -0.39 is 11.5 Å². The third kappa shape index (κ3) is 1.59. The lowest BCUT2D eigenvalue weighted by atomic mass is 9.85. The Morgan fingerprint density at radius 1 is 1.09 bits per heavy atom. The van der Waals surface area contributed by atoms with Gasteiger partial charge in [-0.25, -0.2) is 0 Å². The Labute approximate surface area is 133 Å². The Morgan fingerprint density at radius 2 is 1.91 bits per heavy atom. The van der Waals surface area contributed by atoms with Gasteiger partial charge in [0, 0.05) is 32.9 Å². The molecular formula is C16H11BrN2O3. The van der Waals surface area contributed by atoms with Gasteiger partial charge in [0.15, 0.2) is 5.60 Å². The van der Waals surface area contributed by atoms with Crippen LogP contribution in [0.4, 0.5) is 5.69 Å². The molecule has 6 heteroatoms. The van der Waals surface area contributed by atoms with E-state index in [9.17, 15) is 15.0 Å². The number of phenolic OH excluding ortho intramolecular Hbond substituents is 1. The zero-order chi connectivity index (χ0) is 15.5. The molecule has 1 unspecified atom stereocenters. The van der Waals surface area contributed by atoms with Gasteiger partial charge in [0.25, 0.3) is 5.91 Å². The van der Waals surface area contributed by atoms with Crippen molar-refractivity contribution in [3.8, 4) is 5.75 Å². The van der Waals surface area contributed by atoms with Crippen LogP contribution in [-0.2, 0) is 10.4 Å². The van der Waals surface area contributed by atoms with Crippen molar-refractivity contribution in [3.63, 3.8) is 0 Å². The molecule has 2 aromatic carbocycles. The summed E-state index contributed by atoms with van der Waals surface area (Å²) in [6.45, 7) is 0. The summed E-state index contributed by atoms with van der Waals surface area (Å²) in [6, 6.07) is 10.0. The van der Waals surface area contributed by atoms with Crippen molar-refractivity contribution in [2.45, 2.75) is 5.60 Å². The molecule has 0 bridgehead atoms. The molecule has 0 spiro atoms. The lowest BCUT2D eigenvalue weighted by Gasteiger charge is -2.22. The summed E-state index contributed by atoms with van der Waals surface area (Å²) in [5.41, 5.74) is 0.179. The van der Waals surface area contributed by atoms with E-state index in [0.717, 1.165) is 4.47 Å². The van der Waals surface area contributed by atoms with Crippen LogP contribution in [0, 0.1) is 0 Å². The number of rotatable bonds is 1. The maximum Gasteiger partial charge on any atom is 0.265 e. The van der Waals surface area contributed by atoms with Gasteiger partial charge in [-0.1, -0.05) is 22.0 Å². The molecule has 0 saturated carbocycles. The summed E-state index contributed by atoms with van der Waals surface area (Å²) in [5, 5.41) is 24.4. The van der Waals surface area contributed by atoms with Crippen LogP contribution in [0.1, 0.15) is 11.1 Å². The van der Waals surface area contributed by atoms with Gasteiger partial charge in [0.05, 0.1) is 5.52 Å². The average molecular weight is 359 g/mol. The highest BCUT2D eigenvalue weighted by Gasteiger charge is 2.48. The topological polar surface area (TPSA) is 85.3 Å². The molecule has 3 aromatic rings. The molecule has 0 radical (unpaired) electrons. The second-order valence-corrected chi connectivity index (χ2v) is 6.17. The first-order chi connectivity index (χ1) is 10.5. The van der Waals surface area contributed by atoms with Crippen molar-refractivity contribution < 1.29 is 15.0 Å². The van der Waals surface area contributed by atoms with Crippen LogP contribution < -0.4 is 5.32 Å². The van der Waals surface area contributed by atoms with Crippen LogP contribution in [-0.4, -0.2) is 21.1 Å². The molecule has 4 N–H and O–H groups in total. The molecule has 1 aromatic heterocycles. The number of halogens is 1. The van der Waals surface area contributed by atoms with Crippen LogP contribution in [0.2, 0.25) is 0 Å². The van der Waals surface area contributed by atoms with E-state index in [0.29, 0.717) is 27.7 Å². The van der Waals surface area contributed by atoms with Crippen LogP contribution in [0.3, 0.4) is 0 Å². The fourth-order valence-corrected chi connectivity index (χ4v) is 3.35. The molecule has 0 aliphatic carbocycles. The molecule has 1 atom stereocenters. The van der Waals surface area contributed by atoms with Crippen molar-refractivity contribution in [2.24, 2.45) is 0 Å². The van der Waals surface area contributed by atoms with Gasteiger partial charge in [-0.15, -0.1) is 0 Å². The van der Waals surface area contributed by atoms with Crippen LogP contribution in [0.15, 0.2) is 47.1 Å². The van der Waals surface area contributed by atoms with Crippen molar-refractivity contribution >= 4 is 38.4 Å². The standard InChI is InChI=1S/C16H11BrN2O3/c17-8-1-3-12-11(7-8)16(22,15(21)19-12)10-2-4-13(20)14-9(10)5-6-18-14/h1-7,18,20,22H,(H,19,21). The van der Waals surface area contributed by atoms with Gasteiger partial charge >= 0.3 is 0 Å². The number of anilines is 1. The molecule has 5 nitrogen and oxygen atoms in total. The second-order valence-electron chi connectivity index (χ2n) is 5.25. The number of aromatic amines is 1. The number of benzene rings is 2. The Hall–Kier alpha value is -2.31. The smallest absolute Gasteiger partial charge is 0.265 e. The monoisotopic (exact) mass is 358 g/mol. The number of amides is 1. The van der Waals surface area contributed by atoms with E-state index in [4.69, 9.17) is 0 Å². The maximum atomic E-state index is 12.5. The van der Waals surface area contributed by atoms with E-state index in [2.05, 4.69) is 26.2 Å². The number of aromatic nitrogens is 1. The van der Waals surface area contributed by atoms with Crippen molar-refractivity contribution in [3.05, 3.63) is 58.2 Å². The number of carbonyl (C=O) groups excluding carboxylic acids is 1. The molecule has 1 amide bonds. The van der Waals surface area contributed by atoms with E-state index in [-0.39, 0.29) is 5.75 Å². The maximum absolute atomic E-state index is 12.5. The number of carbonyl (C=O) groups is 1. The largest absolute Gasteiger partial charge is 0.506 e. The molecule has 1 aliphatic heterocycles. The minimum absolute atomic E-state index is 0.0696. The summed E-state index contributed by atoms with van der Waals surface area (Å²) in [6.07, 6.45) is 1.66. The van der Waals surface area contributed by atoms with Crippen molar-refractivity contribution in [1.29, 1.82) is 0 Å². The van der Waals surface area contributed by atoms with Gasteiger partial charge in [-0.05, 0) is 30.3 Å². The van der Waals surface area contributed by atoms with Crippen LogP contribution >= 0.6 is 15.9 Å². The fourth-order valence-electron chi connectivity index (χ4n) is 2.98. The van der Waals surface area contributed by atoms with Gasteiger partial charge in [-0.3, -0.25) is 4.79 Å². The lowest BCUT2D eigenvalue weighted by Crippen LogP contribution is -2.35. The van der Waals surface area contributed by atoms with Crippen LogP contribution in [0.25, 0.3) is 10.9 Å². The predicted octanol–water partition coefficient (Wildman–Crippen LogP) is 2.82. The summed E-state index contributed by atoms with van der Waals surface area (Å²) in [4.78, 5) is 15.4. The molecule has 110 valence electrons. The summed E-state index contributed by atoms with van der Waals surface area (Å²) >= 11 is 3.37. The lowest BCUT2D eigenvalue weighted by molar-refractivity contribution is -0.129. The zero-order valence-corrected chi connectivity index (χ0v) is 12.8. The first-order valence-corrected chi connectivity index (χ1v) is 7.44. The molecule has 22 heavy (non-hydrogen) atoms. The third-order valence-corrected chi connectivity index (χ3v) is 4.53. The number of fused-ring (bicyclic) bond motifs is 2. The highest BCUT2D eigenvalue weighted by atomic mass is 79.9. The van der Waals surface area contributed by atoms with E-state index in [1.807, 2.05) is 0 Å². The summed E-state index contributed by atoms with van der Waals surface area (Å²) in [7, 11) is 0. The van der Waals surface area contributed by atoms with E-state index in [1.165, 1.54) is 6.07 Å². The number of H-pyrrole nitrogens is 1. The third-order valence-electron chi connectivity index (χ3n) is 4.04. The molecule has 1 aliphatic rings. The Bertz CT molecular complexity index is 934. The van der Waals surface area contributed by atoms with Gasteiger partial charge in [0.2, 0.25) is 0 Å². The number of phenols is 1.